The highest BCUT2D eigenvalue weighted by Crippen LogP contribution is 2.31. The second-order valence-corrected chi connectivity index (χ2v) is 14.1. The number of nitrogens with zero attached hydrogens (tertiary/aromatic N) is 10. The van der Waals surface area contributed by atoms with Crippen LogP contribution in [0.25, 0.3) is 22.1 Å². The summed E-state index contributed by atoms with van der Waals surface area (Å²) < 4.78 is 10.6. The normalized spacial score (nSPS) is 16.7. The molecule has 0 bridgehead atoms. The molecule has 0 saturated carbocycles. The number of anilines is 2. The molecule has 55 heavy (non-hydrogen) atoms. The summed E-state index contributed by atoms with van der Waals surface area (Å²) in [5.41, 5.74) is 8.89. The molecule has 5 N–H and O–H groups in total. The molecule has 0 aromatic carbocycles. The van der Waals surface area contributed by atoms with E-state index in [1.807, 2.05) is 23.2 Å². The van der Waals surface area contributed by atoms with Crippen molar-refractivity contribution in [3.8, 4) is 0 Å². The van der Waals surface area contributed by atoms with Gasteiger partial charge < -0.3 is 49.5 Å². The molecule has 0 unspecified atom stereocenters. The number of hydrogen-bond acceptors (Lipinski definition) is 15. The zero-order valence-corrected chi connectivity index (χ0v) is 30.6. The van der Waals surface area contributed by atoms with Crippen LogP contribution in [0.1, 0.15) is 69.3 Å². The van der Waals surface area contributed by atoms with Crippen molar-refractivity contribution in [1.82, 2.24) is 50.0 Å². The molecule has 2 saturated heterocycles. The predicted molar refractivity (Wildman–Crippen MR) is 202 cm³/mol. The van der Waals surface area contributed by atoms with Crippen LogP contribution in [0.4, 0.5) is 11.6 Å². The largest absolute Gasteiger partial charge is 0.476 e. The molecule has 0 spiro atoms. The van der Waals surface area contributed by atoms with E-state index in [9.17, 15) is 9.59 Å². The van der Waals surface area contributed by atoms with Crippen molar-refractivity contribution in [2.24, 2.45) is 5.73 Å². The number of Topliss-reactive ketones (excluding diaryl/α,β-unsaturated/α-hetero) is 1. The number of carbonyl (C=O) groups excluding carboxylic acids is 1. The number of aromatic carboxylic acids is 1. The molecule has 6 aromatic heterocycles. The SMILES string of the molecule is NCCN1CCC1.O=C(CCCN1CCC1)c1noc2c1CN(c1ncnc3[nH]ccc13)CC2.O=C(O)c1noc2c1CN(c1ncnc3[nH]ccc13)CC2. The van der Waals surface area contributed by atoms with E-state index in [1.165, 1.54) is 32.3 Å². The molecular weight excluding hydrogens is 706 g/mol. The van der Waals surface area contributed by atoms with Gasteiger partial charge in [-0.25, -0.2) is 24.7 Å². The standard InChI is InChI=1S/C19H22N6O2.C13H11N5O3.C5H12N2/c26-15(3-1-7-24-8-2-9-24)17-14-11-25(10-5-16(14)27-23-17)19-13-4-6-20-18(13)21-12-22-19;19-13(20)10-8-5-18(4-2-9(8)21-17-10)12-7-1-3-14-11(7)15-6-16-12;6-2-5-7-3-1-4-7/h4,6,12H,1-3,5,7-11H2,(H,20,21,22);1,3,6H,2,4-5H2,(H,19,20)(H,14,15,16);1-6H2. The van der Waals surface area contributed by atoms with Gasteiger partial charge in [-0.2, -0.15) is 0 Å². The molecular formula is C37H45N13O5. The third-order valence-corrected chi connectivity index (χ3v) is 10.6. The number of fused-ring (bicyclic) bond motifs is 4. The monoisotopic (exact) mass is 751 g/mol. The van der Waals surface area contributed by atoms with Crippen molar-refractivity contribution >= 4 is 45.5 Å². The Labute approximate surface area is 316 Å². The molecule has 0 aliphatic carbocycles. The van der Waals surface area contributed by atoms with Crippen molar-refractivity contribution in [1.29, 1.82) is 0 Å². The van der Waals surface area contributed by atoms with Crippen LogP contribution in [0, 0.1) is 0 Å². The molecule has 4 aliphatic heterocycles. The molecule has 288 valence electrons. The van der Waals surface area contributed by atoms with Crippen LogP contribution in [0.15, 0.2) is 46.2 Å². The number of carbonyl (C=O) groups is 2. The lowest BCUT2D eigenvalue weighted by Gasteiger charge is -2.30. The van der Waals surface area contributed by atoms with Gasteiger partial charge in [-0.1, -0.05) is 10.3 Å². The number of ketones is 1. The van der Waals surface area contributed by atoms with Gasteiger partial charge in [0.05, 0.1) is 23.9 Å². The first kappa shape index (κ1) is 36.3. The van der Waals surface area contributed by atoms with E-state index in [0.29, 0.717) is 49.5 Å². The van der Waals surface area contributed by atoms with Crippen LogP contribution in [-0.2, 0) is 25.9 Å². The third kappa shape index (κ3) is 7.78. The maximum Gasteiger partial charge on any atom is 0.358 e. The summed E-state index contributed by atoms with van der Waals surface area (Å²) in [6.07, 6.45) is 12.1. The van der Waals surface area contributed by atoms with Crippen molar-refractivity contribution in [3.63, 3.8) is 0 Å². The minimum absolute atomic E-state index is 0.0194. The molecule has 18 nitrogen and oxygen atoms in total. The number of carboxylic acids is 1. The highest BCUT2D eigenvalue weighted by molar-refractivity contribution is 5.96. The van der Waals surface area contributed by atoms with Crippen molar-refractivity contribution in [3.05, 3.63) is 71.2 Å². The molecule has 6 aromatic rings. The van der Waals surface area contributed by atoms with Gasteiger partial charge in [0.15, 0.2) is 17.2 Å². The van der Waals surface area contributed by atoms with Gasteiger partial charge in [0.2, 0.25) is 0 Å². The number of nitrogens with two attached hydrogens (primary N) is 1. The van der Waals surface area contributed by atoms with Crippen LogP contribution in [0.5, 0.6) is 0 Å². The van der Waals surface area contributed by atoms with Gasteiger partial charge in [0, 0.05) is 69.0 Å². The molecule has 10 heterocycles. The lowest BCUT2D eigenvalue weighted by Crippen LogP contribution is -2.40. The Hall–Kier alpha value is -5.72. The highest BCUT2D eigenvalue weighted by atomic mass is 16.5. The summed E-state index contributed by atoms with van der Waals surface area (Å²) in [4.78, 5) is 56.2. The fraction of sp³-hybridized carbons (Fsp3) is 0.459. The molecule has 4 aliphatic rings. The van der Waals surface area contributed by atoms with E-state index in [4.69, 9.17) is 19.9 Å². The Kier molecular flexibility index (Phi) is 10.8. The average molecular weight is 752 g/mol. The predicted octanol–water partition coefficient (Wildman–Crippen LogP) is 3.03. The van der Waals surface area contributed by atoms with Gasteiger partial charge in [0.1, 0.15) is 47.1 Å². The number of carboxylic acid groups (broad SMARTS) is 1. The maximum absolute atomic E-state index is 12.7. The first-order valence-electron chi connectivity index (χ1n) is 18.9. The van der Waals surface area contributed by atoms with E-state index in [2.05, 4.69) is 54.9 Å². The topological polar surface area (TPSA) is 229 Å². The second-order valence-electron chi connectivity index (χ2n) is 14.1. The van der Waals surface area contributed by atoms with Crippen LogP contribution >= 0.6 is 0 Å². The van der Waals surface area contributed by atoms with E-state index in [0.717, 1.165) is 97.1 Å². The van der Waals surface area contributed by atoms with Crippen LogP contribution < -0.4 is 15.5 Å². The second kappa shape index (κ2) is 16.3. The summed E-state index contributed by atoms with van der Waals surface area (Å²) in [6.45, 7) is 10.3. The first-order valence-corrected chi connectivity index (χ1v) is 18.9. The number of aromatic nitrogens is 8. The zero-order valence-electron chi connectivity index (χ0n) is 30.6. The summed E-state index contributed by atoms with van der Waals surface area (Å²) in [7, 11) is 0. The van der Waals surface area contributed by atoms with E-state index >= 15 is 0 Å². The Morgan fingerprint density at radius 2 is 1.25 bits per heavy atom. The number of aromatic amines is 2. The van der Waals surface area contributed by atoms with Crippen LogP contribution in [0.3, 0.4) is 0 Å². The van der Waals surface area contributed by atoms with Gasteiger partial charge >= 0.3 is 5.97 Å². The number of H-pyrrole nitrogens is 2. The fourth-order valence-electron chi connectivity index (χ4n) is 7.36. The van der Waals surface area contributed by atoms with Gasteiger partial charge in [0.25, 0.3) is 0 Å². The third-order valence-electron chi connectivity index (χ3n) is 10.6. The number of likely N-dealkylation sites (tertiary alicyclic amines) is 2. The Morgan fingerprint density at radius 3 is 1.75 bits per heavy atom. The minimum atomic E-state index is -1.07. The Bertz CT molecular complexity index is 2250. The maximum atomic E-state index is 12.7. The number of nitrogens with one attached hydrogen (secondary N) is 2. The van der Waals surface area contributed by atoms with E-state index < -0.39 is 5.97 Å². The quantitative estimate of drug-likeness (QED) is 0.147. The lowest BCUT2D eigenvalue weighted by atomic mass is 10.0. The van der Waals surface area contributed by atoms with E-state index in [-0.39, 0.29) is 11.5 Å². The average Bonchev–Trinajstić information content (AvgIpc) is 3.99. The van der Waals surface area contributed by atoms with E-state index in [1.54, 1.807) is 12.5 Å². The molecule has 18 heteroatoms. The molecule has 0 atom stereocenters. The van der Waals surface area contributed by atoms with Crippen molar-refractivity contribution < 1.29 is 23.7 Å². The highest BCUT2D eigenvalue weighted by Gasteiger charge is 2.30. The molecule has 0 radical (unpaired) electrons. The minimum Gasteiger partial charge on any atom is -0.476 e. The summed E-state index contributed by atoms with van der Waals surface area (Å²) >= 11 is 0. The summed E-state index contributed by atoms with van der Waals surface area (Å²) in [5, 5.41) is 18.8. The molecule has 2 fully saturated rings. The lowest BCUT2D eigenvalue weighted by molar-refractivity contribution is 0.0684. The Balaban J connectivity index is 0.000000135. The van der Waals surface area contributed by atoms with Crippen LogP contribution in [0.2, 0.25) is 0 Å². The first-order chi connectivity index (χ1) is 27.0. The van der Waals surface area contributed by atoms with Gasteiger partial charge in [-0.15, -0.1) is 0 Å². The fourth-order valence-corrected chi connectivity index (χ4v) is 7.36. The Morgan fingerprint density at radius 1 is 0.727 bits per heavy atom. The summed E-state index contributed by atoms with van der Waals surface area (Å²) in [6, 6.07) is 3.89. The number of rotatable bonds is 10. The summed E-state index contributed by atoms with van der Waals surface area (Å²) in [5.74, 6) is 2.14. The van der Waals surface area contributed by atoms with Crippen molar-refractivity contribution in [2.75, 3.05) is 68.7 Å². The van der Waals surface area contributed by atoms with Crippen molar-refractivity contribution in [2.45, 2.75) is 51.6 Å². The van der Waals surface area contributed by atoms with Gasteiger partial charge in [-0.3, -0.25) is 4.79 Å². The number of hydrogen-bond donors (Lipinski definition) is 4. The van der Waals surface area contributed by atoms with Gasteiger partial charge in [-0.05, 0) is 64.1 Å². The smallest absolute Gasteiger partial charge is 0.358 e. The van der Waals surface area contributed by atoms with Crippen LogP contribution in [-0.4, -0.2) is 126 Å². The molecule has 0 amide bonds. The molecule has 10 rings (SSSR count). The zero-order chi connectivity index (χ0) is 37.7.